The third-order valence-electron chi connectivity index (χ3n) is 3.64. The Balaban J connectivity index is 2.89. The molecule has 0 bridgehead atoms. The van der Waals surface area contributed by atoms with Crippen LogP contribution >= 0.6 is 11.6 Å². The van der Waals surface area contributed by atoms with Crippen molar-refractivity contribution in [2.45, 2.75) is 44.8 Å². The summed E-state index contributed by atoms with van der Waals surface area (Å²) in [5, 5.41) is 10.7. The quantitative estimate of drug-likeness (QED) is 0.859. The Morgan fingerprint density at radius 1 is 1.39 bits per heavy atom. The Morgan fingerprint density at radius 2 is 2.00 bits per heavy atom. The molecule has 102 valence electrons. The van der Waals surface area contributed by atoms with Crippen molar-refractivity contribution in [2.24, 2.45) is 0 Å². The van der Waals surface area contributed by atoms with Crippen LogP contribution in [0.15, 0.2) is 18.2 Å². The fourth-order valence-electron chi connectivity index (χ4n) is 2.23. The van der Waals surface area contributed by atoms with Crippen LogP contribution in [-0.2, 0) is 11.2 Å². The number of hydrogen-bond acceptors (Lipinski definition) is 2. The van der Waals surface area contributed by atoms with Gasteiger partial charge in [-0.2, -0.15) is 0 Å². The van der Waals surface area contributed by atoms with Crippen LogP contribution in [0.5, 0.6) is 0 Å². The number of rotatable bonds is 6. The van der Waals surface area contributed by atoms with Gasteiger partial charge in [-0.3, -0.25) is 0 Å². The van der Waals surface area contributed by atoms with E-state index in [1.165, 1.54) is 12.1 Å². The number of aliphatic hydroxyl groups is 1. The van der Waals surface area contributed by atoms with Crippen LogP contribution in [-0.4, -0.2) is 23.9 Å². The van der Waals surface area contributed by atoms with Gasteiger partial charge in [0, 0.05) is 18.6 Å². The number of hydrogen-bond donors (Lipinski definition) is 1. The van der Waals surface area contributed by atoms with Crippen molar-refractivity contribution >= 4 is 11.6 Å². The smallest absolute Gasteiger partial charge is 0.124 e. The summed E-state index contributed by atoms with van der Waals surface area (Å²) in [5.41, 5.74) is 0.159. The maximum absolute atomic E-state index is 12.9. The lowest BCUT2D eigenvalue weighted by atomic mass is 9.86. The third kappa shape index (κ3) is 3.22. The summed E-state index contributed by atoms with van der Waals surface area (Å²) in [4.78, 5) is 0. The van der Waals surface area contributed by atoms with E-state index in [1.807, 2.05) is 13.8 Å². The third-order valence-corrected chi connectivity index (χ3v) is 3.99. The molecule has 0 aliphatic heterocycles. The molecule has 0 heterocycles. The minimum absolute atomic E-state index is 0.339. The molecule has 0 aliphatic carbocycles. The van der Waals surface area contributed by atoms with Crippen molar-refractivity contribution in [1.82, 2.24) is 0 Å². The summed E-state index contributed by atoms with van der Waals surface area (Å²) in [6.07, 6.45) is 1.11. The first-order valence-electron chi connectivity index (χ1n) is 6.16. The maximum atomic E-state index is 12.9. The lowest BCUT2D eigenvalue weighted by Gasteiger charge is -2.35. The van der Waals surface area contributed by atoms with Crippen LogP contribution in [0.3, 0.4) is 0 Å². The van der Waals surface area contributed by atoms with Gasteiger partial charge in [0.1, 0.15) is 5.82 Å². The van der Waals surface area contributed by atoms with Crippen molar-refractivity contribution in [3.05, 3.63) is 34.6 Å². The molecule has 4 heteroatoms. The number of halogens is 2. The molecule has 0 radical (unpaired) electrons. The average Bonchev–Trinajstić information content (AvgIpc) is 2.36. The van der Waals surface area contributed by atoms with Crippen LogP contribution in [0.2, 0.25) is 5.02 Å². The molecule has 0 spiro atoms. The van der Waals surface area contributed by atoms with E-state index >= 15 is 0 Å². The minimum atomic E-state index is -0.666. The fraction of sp³-hybridized carbons (Fsp3) is 0.571. The Morgan fingerprint density at radius 3 is 2.44 bits per heavy atom. The van der Waals surface area contributed by atoms with Crippen LogP contribution in [0.1, 0.15) is 32.3 Å². The highest BCUT2D eigenvalue weighted by atomic mass is 35.5. The van der Waals surface area contributed by atoms with Crippen molar-refractivity contribution in [1.29, 1.82) is 0 Å². The summed E-state index contributed by atoms with van der Waals surface area (Å²) < 4.78 is 18.4. The van der Waals surface area contributed by atoms with Crippen LogP contribution in [0.25, 0.3) is 0 Å². The van der Waals surface area contributed by atoms with E-state index in [0.29, 0.717) is 24.3 Å². The summed E-state index contributed by atoms with van der Waals surface area (Å²) >= 11 is 5.96. The lowest BCUT2D eigenvalue weighted by molar-refractivity contribution is -0.106. The second-order valence-corrected chi connectivity index (χ2v) is 4.84. The highest BCUT2D eigenvalue weighted by molar-refractivity contribution is 6.31. The first-order valence-corrected chi connectivity index (χ1v) is 6.54. The maximum Gasteiger partial charge on any atom is 0.124 e. The highest BCUT2D eigenvalue weighted by Gasteiger charge is 2.34. The minimum Gasteiger partial charge on any atom is -0.390 e. The van der Waals surface area contributed by atoms with Gasteiger partial charge in [0.15, 0.2) is 0 Å². The van der Waals surface area contributed by atoms with Gasteiger partial charge in [-0.25, -0.2) is 4.39 Å². The summed E-state index contributed by atoms with van der Waals surface area (Å²) in [6, 6.07) is 4.21. The SMILES string of the molecule is CCC(CC)(OC)C(O)Cc1ccc(F)cc1Cl. The number of methoxy groups -OCH3 is 1. The van der Waals surface area contributed by atoms with E-state index in [4.69, 9.17) is 16.3 Å². The zero-order chi connectivity index (χ0) is 13.8. The van der Waals surface area contributed by atoms with E-state index in [2.05, 4.69) is 0 Å². The van der Waals surface area contributed by atoms with Crippen molar-refractivity contribution < 1.29 is 14.2 Å². The first kappa shape index (κ1) is 15.4. The van der Waals surface area contributed by atoms with Gasteiger partial charge < -0.3 is 9.84 Å². The van der Waals surface area contributed by atoms with Gasteiger partial charge in [-0.05, 0) is 30.5 Å². The fourth-order valence-corrected chi connectivity index (χ4v) is 2.47. The predicted molar refractivity (Wildman–Crippen MR) is 71.4 cm³/mol. The highest BCUT2D eigenvalue weighted by Crippen LogP contribution is 2.28. The molecule has 1 rings (SSSR count). The van der Waals surface area contributed by atoms with Gasteiger partial charge in [0.2, 0.25) is 0 Å². The largest absolute Gasteiger partial charge is 0.390 e. The van der Waals surface area contributed by atoms with Crippen LogP contribution in [0.4, 0.5) is 4.39 Å². The Bertz CT molecular complexity index is 383. The summed E-state index contributed by atoms with van der Waals surface area (Å²) in [7, 11) is 1.60. The number of ether oxygens (including phenoxy) is 1. The molecule has 0 fully saturated rings. The van der Waals surface area contributed by atoms with E-state index in [1.54, 1.807) is 13.2 Å². The van der Waals surface area contributed by atoms with Crippen molar-refractivity contribution in [2.75, 3.05) is 7.11 Å². The summed E-state index contributed by atoms with van der Waals surface area (Å²) in [6.45, 7) is 3.95. The molecular formula is C14H20ClFO2. The molecule has 1 unspecified atom stereocenters. The van der Waals surface area contributed by atoms with Crippen LogP contribution < -0.4 is 0 Å². The van der Waals surface area contributed by atoms with Gasteiger partial charge in [0.05, 0.1) is 11.7 Å². The molecule has 18 heavy (non-hydrogen) atoms. The Hall–Kier alpha value is -0.640. The number of benzene rings is 1. The molecule has 0 amide bonds. The molecule has 2 nitrogen and oxygen atoms in total. The van der Waals surface area contributed by atoms with E-state index in [0.717, 1.165) is 5.56 Å². The molecule has 1 aromatic rings. The molecule has 0 saturated heterocycles. The van der Waals surface area contributed by atoms with E-state index in [-0.39, 0.29) is 5.82 Å². The van der Waals surface area contributed by atoms with Crippen molar-refractivity contribution in [3.8, 4) is 0 Å². The second kappa shape index (κ2) is 6.50. The van der Waals surface area contributed by atoms with Crippen LogP contribution in [0, 0.1) is 5.82 Å². The van der Waals surface area contributed by atoms with Gasteiger partial charge in [-0.1, -0.05) is 31.5 Å². The number of aliphatic hydroxyl groups excluding tert-OH is 1. The topological polar surface area (TPSA) is 29.5 Å². The summed E-state index contributed by atoms with van der Waals surface area (Å²) in [5.74, 6) is -0.373. The predicted octanol–water partition coefficient (Wildman–Crippen LogP) is 3.59. The molecular weight excluding hydrogens is 255 g/mol. The molecule has 1 aromatic carbocycles. The molecule has 1 atom stereocenters. The molecule has 0 aromatic heterocycles. The Kier molecular flexibility index (Phi) is 5.57. The normalized spacial score (nSPS) is 13.7. The second-order valence-electron chi connectivity index (χ2n) is 4.43. The van der Waals surface area contributed by atoms with Crippen molar-refractivity contribution in [3.63, 3.8) is 0 Å². The molecule has 1 N–H and O–H groups in total. The van der Waals surface area contributed by atoms with Gasteiger partial charge in [-0.15, -0.1) is 0 Å². The van der Waals surface area contributed by atoms with Gasteiger partial charge >= 0.3 is 0 Å². The lowest BCUT2D eigenvalue weighted by Crippen LogP contribution is -2.44. The van der Waals surface area contributed by atoms with E-state index in [9.17, 15) is 9.50 Å². The zero-order valence-electron chi connectivity index (χ0n) is 11.0. The standard InChI is InChI=1S/C14H20ClFO2/c1-4-14(5-2,18-3)13(17)8-10-6-7-11(16)9-12(10)15/h6-7,9,13,17H,4-5,8H2,1-3H3. The average molecular weight is 275 g/mol. The molecule has 0 saturated carbocycles. The Labute approximate surface area is 113 Å². The zero-order valence-corrected chi connectivity index (χ0v) is 11.8. The monoisotopic (exact) mass is 274 g/mol. The van der Waals surface area contributed by atoms with E-state index < -0.39 is 11.7 Å². The molecule has 0 aliphatic rings. The van der Waals surface area contributed by atoms with Gasteiger partial charge in [0.25, 0.3) is 0 Å². The first-order chi connectivity index (χ1) is 8.49.